The van der Waals surface area contributed by atoms with Crippen LogP contribution in [0.25, 0.3) is 0 Å². The van der Waals surface area contributed by atoms with E-state index in [4.69, 9.17) is 21.4 Å². The predicted molar refractivity (Wildman–Crippen MR) is 90.7 cm³/mol. The van der Waals surface area contributed by atoms with E-state index >= 15 is 0 Å². The number of hydrogen-bond acceptors (Lipinski definition) is 3. The molecule has 0 saturated carbocycles. The second-order valence-electron chi connectivity index (χ2n) is 4.80. The average molecular weight is 362 g/mol. The van der Waals surface area contributed by atoms with Crippen molar-refractivity contribution in [3.05, 3.63) is 63.9 Å². The van der Waals surface area contributed by atoms with E-state index in [-0.39, 0.29) is 28.4 Å². The molecule has 0 atom stereocenters. The summed E-state index contributed by atoms with van der Waals surface area (Å²) in [7, 11) is 1.34. The van der Waals surface area contributed by atoms with E-state index in [0.29, 0.717) is 5.56 Å². The number of rotatable bonds is 4. The Morgan fingerprint density at radius 3 is 2.76 bits per heavy atom. The lowest BCUT2D eigenvalue weighted by Crippen LogP contribution is -2.20. The highest BCUT2D eigenvalue weighted by Gasteiger charge is 2.21. The highest BCUT2D eigenvalue weighted by Crippen LogP contribution is 2.27. The summed E-state index contributed by atoms with van der Waals surface area (Å²) in [5.41, 5.74) is 0.171. The van der Waals surface area contributed by atoms with Gasteiger partial charge in [0.05, 0.1) is 13.7 Å². The first-order valence-corrected chi connectivity index (χ1v) is 7.44. The Hall–Kier alpha value is -3.04. The van der Waals surface area contributed by atoms with Gasteiger partial charge in [-0.15, -0.1) is 0 Å². The molecular weight excluding hydrogens is 349 g/mol. The minimum Gasteiger partial charge on any atom is -0.496 e. The van der Waals surface area contributed by atoms with Crippen molar-refractivity contribution in [2.75, 3.05) is 13.7 Å². The zero-order valence-corrected chi connectivity index (χ0v) is 13.9. The van der Waals surface area contributed by atoms with Crippen LogP contribution in [0.1, 0.15) is 21.5 Å². The number of carbonyl (C=O) groups excluding carboxylic acids is 1. The smallest absolute Gasteiger partial charge is 0.405 e. The molecule has 0 heterocycles. The highest BCUT2D eigenvalue weighted by molar-refractivity contribution is 6.31. The summed E-state index contributed by atoms with van der Waals surface area (Å²) in [6.07, 6.45) is -1.21. The number of carboxylic acid groups (broad SMARTS) is 1. The standard InChI is InChI=1S/C18H13ClFNO4/c1-25-15-6-2-5-14(20)16(15)17(22)13-10-12(19)8-7-11(13)4-3-9-21-18(23)24/h2,5-8,10,21H,9H2,1H3,(H,23,24). The second kappa shape index (κ2) is 8.18. The van der Waals surface area contributed by atoms with Crippen LogP contribution in [0.4, 0.5) is 9.18 Å². The average Bonchev–Trinajstić information content (AvgIpc) is 2.58. The maximum Gasteiger partial charge on any atom is 0.405 e. The fourth-order valence-electron chi connectivity index (χ4n) is 2.10. The lowest BCUT2D eigenvalue weighted by molar-refractivity contribution is 0.103. The number of carbonyl (C=O) groups is 2. The summed E-state index contributed by atoms with van der Waals surface area (Å²) in [6, 6.07) is 8.49. The van der Waals surface area contributed by atoms with Gasteiger partial charge in [-0.05, 0) is 30.3 Å². The Labute approximate surface area is 148 Å². The molecule has 0 radical (unpaired) electrons. The molecule has 0 unspecified atom stereocenters. The van der Waals surface area contributed by atoms with E-state index in [9.17, 15) is 14.0 Å². The minimum absolute atomic E-state index is 0.0939. The maximum absolute atomic E-state index is 14.2. The molecule has 2 aromatic carbocycles. The van der Waals surface area contributed by atoms with Crippen LogP contribution in [0.3, 0.4) is 0 Å². The molecule has 128 valence electrons. The van der Waals surface area contributed by atoms with Crippen LogP contribution in [0.5, 0.6) is 5.75 Å². The quantitative estimate of drug-likeness (QED) is 0.647. The largest absolute Gasteiger partial charge is 0.496 e. The summed E-state index contributed by atoms with van der Waals surface area (Å²) in [5, 5.41) is 10.9. The van der Waals surface area contributed by atoms with Crippen LogP contribution in [-0.4, -0.2) is 30.6 Å². The van der Waals surface area contributed by atoms with E-state index in [1.807, 2.05) is 0 Å². The van der Waals surface area contributed by atoms with Gasteiger partial charge in [0.15, 0.2) is 0 Å². The fraction of sp³-hybridized carbons (Fsp3) is 0.111. The van der Waals surface area contributed by atoms with Gasteiger partial charge in [0.1, 0.15) is 17.1 Å². The number of ketones is 1. The summed E-state index contributed by atoms with van der Waals surface area (Å²) in [6.45, 7) is -0.116. The molecule has 2 aromatic rings. The van der Waals surface area contributed by atoms with Crippen molar-refractivity contribution in [2.24, 2.45) is 0 Å². The van der Waals surface area contributed by atoms with Crippen LogP contribution in [-0.2, 0) is 0 Å². The SMILES string of the molecule is COc1cccc(F)c1C(=O)c1cc(Cl)ccc1C#CCNC(=O)O. The minimum atomic E-state index is -1.21. The molecule has 0 aliphatic rings. The van der Waals surface area contributed by atoms with E-state index in [2.05, 4.69) is 17.2 Å². The predicted octanol–water partition coefficient (Wildman–Crippen LogP) is 3.34. The lowest BCUT2D eigenvalue weighted by atomic mass is 9.97. The highest BCUT2D eigenvalue weighted by atomic mass is 35.5. The molecule has 0 aliphatic carbocycles. The Kier molecular flexibility index (Phi) is 5.98. The van der Waals surface area contributed by atoms with Gasteiger partial charge in [0.2, 0.25) is 5.78 Å². The van der Waals surface area contributed by atoms with Crippen molar-refractivity contribution in [1.82, 2.24) is 5.32 Å². The molecule has 1 amide bonds. The molecule has 0 aromatic heterocycles. The molecule has 0 saturated heterocycles. The third-order valence-electron chi connectivity index (χ3n) is 3.20. The first-order valence-electron chi connectivity index (χ1n) is 7.06. The third-order valence-corrected chi connectivity index (χ3v) is 3.43. The first-order chi connectivity index (χ1) is 11.9. The molecule has 0 fully saturated rings. The van der Waals surface area contributed by atoms with Gasteiger partial charge in [0.25, 0.3) is 0 Å². The summed E-state index contributed by atoms with van der Waals surface area (Å²) in [5.74, 6) is 4.00. The second-order valence-corrected chi connectivity index (χ2v) is 5.23. The summed E-state index contributed by atoms with van der Waals surface area (Å²) < 4.78 is 19.2. The zero-order valence-electron chi connectivity index (χ0n) is 13.1. The monoisotopic (exact) mass is 361 g/mol. The van der Waals surface area contributed by atoms with E-state index in [0.717, 1.165) is 6.07 Å². The van der Waals surface area contributed by atoms with Crippen molar-refractivity contribution in [2.45, 2.75) is 0 Å². The Morgan fingerprint density at radius 2 is 2.08 bits per heavy atom. The number of hydrogen-bond donors (Lipinski definition) is 2. The summed E-state index contributed by atoms with van der Waals surface area (Å²) >= 11 is 5.95. The topological polar surface area (TPSA) is 75.6 Å². The van der Waals surface area contributed by atoms with Crippen LogP contribution < -0.4 is 10.1 Å². The van der Waals surface area contributed by atoms with Gasteiger partial charge >= 0.3 is 6.09 Å². The number of ether oxygens (including phenoxy) is 1. The normalized spacial score (nSPS) is 9.72. The number of amides is 1. The van der Waals surface area contributed by atoms with Gasteiger partial charge in [-0.3, -0.25) is 4.79 Å². The Morgan fingerprint density at radius 1 is 1.32 bits per heavy atom. The number of nitrogens with one attached hydrogen (secondary N) is 1. The molecule has 2 N–H and O–H groups in total. The van der Waals surface area contributed by atoms with Crippen LogP contribution in [0.2, 0.25) is 5.02 Å². The molecule has 0 aliphatic heterocycles. The van der Waals surface area contributed by atoms with Crippen LogP contribution in [0, 0.1) is 17.7 Å². The van der Waals surface area contributed by atoms with Crippen molar-refractivity contribution >= 4 is 23.5 Å². The van der Waals surface area contributed by atoms with Gasteiger partial charge in [0, 0.05) is 16.1 Å². The fourth-order valence-corrected chi connectivity index (χ4v) is 2.27. The lowest BCUT2D eigenvalue weighted by Gasteiger charge is -2.10. The molecule has 2 rings (SSSR count). The molecule has 25 heavy (non-hydrogen) atoms. The van der Waals surface area contributed by atoms with E-state index in [1.54, 1.807) is 0 Å². The number of halogens is 2. The van der Waals surface area contributed by atoms with Crippen molar-refractivity contribution in [1.29, 1.82) is 0 Å². The van der Waals surface area contributed by atoms with Gasteiger partial charge in [-0.1, -0.05) is 29.5 Å². The first kappa shape index (κ1) is 18.3. The van der Waals surface area contributed by atoms with Crippen molar-refractivity contribution in [3.63, 3.8) is 0 Å². The van der Waals surface area contributed by atoms with E-state index in [1.165, 1.54) is 37.4 Å². The van der Waals surface area contributed by atoms with E-state index < -0.39 is 17.7 Å². The van der Waals surface area contributed by atoms with Crippen molar-refractivity contribution < 1.29 is 23.8 Å². The molecule has 0 spiro atoms. The van der Waals surface area contributed by atoms with Crippen molar-refractivity contribution in [3.8, 4) is 17.6 Å². The molecule has 0 bridgehead atoms. The third kappa shape index (κ3) is 4.49. The Balaban J connectivity index is 2.46. The summed E-state index contributed by atoms with van der Waals surface area (Å²) in [4.78, 5) is 23.2. The molecule has 5 nitrogen and oxygen atoms in total. The number of benzene rings is 2. The zero-order chi connectivity index (χ0) is 18.4. The molecule has 7 heteroatoms. The van der Waals surface area contributed by atoms with Gasteiger partial charge in [-0.25, -0.2) is 9.18 Å². The Bertz CT molecular complexity index is 886. The van der Waals surface area contributed by atoms with Crippen LogP contribution >= 0.6 is 11.6 Å². The van der Waals surface area contributed by atoms with Crippen LogP contribution in [0.15, 0.2) is 36.4 Å². The van der Waals surface area contributed by atoms with Gasteiger partial charge < -0.3 is 15.2 Å². The molecular formula is C18H13ClFNO4. The maximum atomic E-state index is 14.2. The van der Waals surface area contributed by atoms with Gasteiger partial charge in [-0.2, -0.15) is 0 Å². The number of methoxy groups -OCH3 is 1.